The van der Waals surface area contributed by atoms with E-state index < -0.39 is 5.97 Å². The first kappa shape index (κ1) is 13.8. The summed E-state index contributed by atoms with van der Waals surface area (Å²) in [5.41, 5.74) is 3.86. The van der Waals surface area contributed by atoms with Crippen molar-refractivity contribution < 1.29 is 14.4 Å². The minimum Gasteiger partial charge on any atom is -0.486 e. The van der Waals surface area contributed by atoms with E-state index in [2.05, 4.69) is 34.8 Å². The second kappa shape index (κ2) is 5.12. The van der Waals surface area contributed by atoms with Crippen molar-refractivity contribution in [1.82, 2.24) is 4.57 Å². The van der Waals surface area contributed by atoms with Gasteiger partial charge in [-0.1, -0.05) is 23.4 Å². The number of hydrogen-bond donors (Lipinski definition) is 0. The number of hydrogen-bond acceptors (Lipinski definition) is 4. The van der Waals surface area contributed by atoms with Crippen molar-refractivity contribution >= 4 is 33.5 Å². The molecule has 0 fully saturated rings. The van der Waals surface area contributed by atoms with Crippen LogP contribution >= 0.6 is 0 Å². The third-order valence-electron chi connectivity index (χ3n) is 4.16. The van der Waals surface area contributed by atoms with Gasteiger partial charge >= 0.3 is 5.97 Å². The van der Waals surface area contributed by atoms with Gasteiger partial charge in [-0.15, -0.1) is 0 Å². The number of rotatable bonds is 2. The number of carbonyl (C=O) groups excluding carboxylic acids is 1. The minimum absolute atomic E-state index is 0.313. The minimum atomic E-state index is -0.436. The molecule has 2 heterocycles. The number of fused-ring (bicyclic) bond motifs is 5. The van der Waals surface area contributed by atoms with Crippen molar-refractivity contribution in [2.24, 2.45) is 5.16 Å². The second-order valence-corrected chi connectivity index (χ2v) is 5.51. The lowest BCUT2D eigenvalue weighted by Crippen LogP contribution is -2.04. The Morgan fingerprint density at radius 1 is 1.26 bits per heavy atom. The van der Waals surface area contributed by atoms with Gasteiger partial charge in [-0.25, -0.2) is 4.79 Å². The highest BCUT2D eigenvalue weighted by molar-refractivity contribution is 6.18. The molecule has 1 aliphatic rings. The lowest BCUT2D eigenvalue weighted by molar-refractivity contribution is -0.140. The highest BCUT2D eigenvalue weighted by Gasteiger charge is 2.25. The summed E-state index contributed by atoms with van der Waals surface area (Å²) in [4.78, 5) is 15.7. The molecule has 0 saturated heterocycles. The summed E-state index contributed by atoms with van der Waals surface area (Å²) in [6, 6.07) is 12.4. The molecular formula is C18H16N2O3. The fraction of sp³-hybridized carbons (Fsp3) is 0.222. The number of para-hydroxylation sites is 1. The van der Waals surface area contributed by atoms with Gasteiger partial charge in [0.05, 0.1) is 10.9 Å². The molecule has 116 valence electrons. The lowest BCUT2D eigenvalue weighted by Gasteiger charge is -2.04. The molecule has 23 heavy (non-hydrogen) atoms. The normalized spacial score (nSPS) is 15.1. The molecule has 1 aliphatic heterocycles. The first-order chi connectivity index (χ1) is 11.2. The van der Waals surface area contributed by atoms with Gasteiger partial charge < -0.3 is 14.1 Å². The van der Waals surface area contributed by atoms with Crippen LogP contribution in [0.5, 0.6) is 5.75 Å². The summed E-state index contributed by atoms with van der Waals surface area (Å²) in [6.07, 6.45) is 0. The summed E-state index contributed by atoms with van der Waals surface area (Å²) in [5, 5.41) is 6.17. The summed E-state index contributed by atoms with van der Waals surface area (Å²) in [6.45, 7) is 4.66. The van der Waals surface area contributed by atoms with Gasteiger partial charge in [0.2, 0.25) is 0 Å². The Morgan fingerprint density at radius 2 is 2.09 bits per heavy atom. The van der Waals surface area contributed by atoms with Crippen molar-refractivity contribution in [3.63, 3.8) is 0 Å². The topological polar surface area (TPSA) is 52.8 Å². The quantitative estimate of drug-likeness (QED) is 0.538. The van der Waals surface area contributed by atoms with Crippen molar-refractivity contribution in [3.05, 3.63) is 42.0 Å². The van der Waals surface area contributed by atoms with Crippen LogP contribution in [0.1, 0.15) is 19.4 Å². The third-order valence-corrected chi connectivity index (χ3v) is 4.16. The molecule has 0 amide bonds. The molecule has 0 N–H and O–H groups in total. The largest absolute Gasteiger partial charge is 0.486 e. The maximum absolute atomic E-state index is 11.0. The number of carbonyl (C=O) groups is 1. The van der Waals surface area contributed by atoms with E-state index in [9.17, 15) is 4.79 Å². The van der Waals surface area contributed by atoms with Gasteiger partial charge in [-0.3, -0.25) is 0 Å². The van der Waals surface area contributed by atoms with Crippen LogP contribution in [0.2, 0.25) is 0 Å². The average molecular weight is 308 g/mol. The van der Waals surface area contributed by atoms with E-state index >= 15 is 0 Å². The summed E-state index contributed by atoms with van der Waals surface area (Å²) >= 11 is 0. The van der Waals surface area contributed by atoms with Crippen molar-refractivity contribution in [2.75, 3.05) is 6.61 Å². The Balaban J connectivity index is 2.00. The van der Waals surface area contributed by atoms with Gasteiger partial charge in [0, 0.05) is 29.9 Å². The predicted molar refractivity (Wildman–Crippen MR) is 88.9 cm³/mol. The number of aromatic nitrogens is 1. The molecular weight excluding hydrogens is 292 g/mol. The van der Waals surface area contributed by atoms with Crippen LogP contribution < -0.4 is 4.74 Å². The molecule has 0 spiro atoms. The number of ether oxygens (including phenoxy) is 1. The number of oxime groups is 1. The third kappa shape index (κ3) is 2.00. The fourth-order valence-corrected chi connectivity index (χ4v) is 3.24. The molecule has 2 aromatic carbocycles. The maximum Gasteiger partial charge on any atom is 0.331 e. The smallest absolute Gasteiger partial charge is 0.331 e. The van der Waals surface area contributed by atoms with Gasteiger partial charge in [0.15, 0.2) is 0 Å². The molecule has 0 saturated carbocycles. The number of nitrogens with zero attached hydrogens (tertiary/aromatic N) is 2. The van der Waals surface area contributed by atoms with E-state index in [0.29, 0.717) is 12.3 Å². The Labute approximate surface area is 133 Å². The predicted octanol–water partition coefficient (Wildman–Crippen LogP) is 3.47. The molecule has 5 heteroatoms. The van der Waals surface area contributed by atoms with Crippen LogP contribution in [0.4, 0.5) is 0 Å². The highest BCUT2D eigenvalue weighted by atomic mass is 16.7. The molecule has 0 atom stereocenters. The molecule has 3 aromatic rings. The zero-order chi connectivity index (χ0) is 16.0. The van der Waals surface area contributed by atoms with Crippen molar-refractivity contribution in [2.45, 2.75) is 20.4 Å². The maximum atomic E-state index is 11.0. The van der Waals surface area contributed by atoms with Crippen LogP contribution in [0.15, 0.2) is 41.6 Å². The Hall–Kier alpha value is -2.82. The zero-order valence-electron chi connectivity index (χ0n) is 13.0. The van der Waals surface area contributed by atoms with Gasteiger partial charge in [0.25, 0.3) is 0 Å². The Bertz CT molecular complexity index is 969. The monoisotopic (exact) mass is 308 g/mol. The van der Waals surface area contributed by atoms with Crippen LogP contribution in [0.25, 0.3) is 21.8 Å². The van der Waals surface area contributed by atoms with E-state index in [1.807, 2.05) is 18.2 Å². The van der Waals surface area contributed by atoms with Crippen LogP contribution in [0, 0.1) is 0 Å². The van der Waals surface area contributed by atoms with Gasteiger partial charge in [-0.05, 0) is 25.1 Å². The van der Waals surface area contributed by atoms with Gasteiger partial charge in [0.1, 0.15) is 18.1 Å². The summed E-state index contributed by atoms with van der Waals surface area (Å²) in [7, 11) is 0. The number of aryl methyl sites for hydroxylation is 1. The highest BCUT2D eigenvalue weighted by Crippen LogP contribution is 2.40. The zero-order valence-corrected chi connectivity index (χ0v) is 13.0. The molecule has 0 unspecified atom stereocenters. The fourth-order valence-electron chi connectivity index (χ4n) is 3.24. The van der Waals surface area contributed by atoms with E-state index in [1.54, 1.807) is 0 Å². The Morgan fingerprint density at radius 3 is 2.87 bits per heavy atom. The molecule has 0 radical (unpaired) electrons. The van der Waals surface area contributed by atoms with E-state index in [1.165, 1.54) is 12.4 Å². The van der Waals surface area contributed by atoms with Crippen molar-refractivity contribution in [3.8, 4) is 5.75 Å². The van der Waals surface area contributed by atoms with Crippen LogP contribution in [-0.4, -0.2) is 22.9 Å². The van der Waals surface area contributed by atoms with E-state index in [0.717, 1.165) is 34.1 Å². The summed E-state index contributed by atoms with van der Waals surface area (Å²) in [5.74, 6) is 0.381. The second-order valence-electron chi connectivity index (χ2n) is 5.51. The molecule has 4 rings (SSSR count). The van der Waals surface area contributed by atoms with Gasteiger partial charge in [-0.2, -0.15) is 0 Å². The lowest BCUT2D eigenvalue weighted by atomic mass is 10.1. The molecule has 1 aromatic heterocycles. The van der Waals surface area contributed by atoms with E-state index in [-0.39, 0.29) is 0 Å². The average Bonchev–Trinajstić information content (AvgIpc) is 3.11. The first-order valence-corrected chi connectivity index (χ1v) is 7.62. The van der Waals surface area contributed by atoms with E-state index in [4.69, 9.17) is 9.57 Å². The van der Waals surface area contributed by atoms with Crippen LogP contribution in [-0.2, 0) is 16.2 Å². The summed E-state index contributed by atoms with van der Waals surface area (Å²) < 4.78 is 8.16. The first-order valence-electron chi connectivity index (χ1n) is 7.62. The van der Waals surface area contributed by atoms with Crippen molar-refractivity contribution in [1.29, 1.82) is 0 Å². The molecule has 0 bridgehead atoms. The standard InChI is InChI=1S/C18H16N2O3/c1-3-20-15-7-5-4-6-13(15)17-16(20)9-8-12-14(10-22-18(12)17)19-23-11(2)21/h4-9H,3,10H2,1-2H3/b19-14+. The van der Waals surface area contributed by atoms with Crippen LogP contribution in [0.3, 0.4) is 0 Å². The SMILES string of the molecule is CCn1c2ccccc2c2c3c(ccc21)/C(=N/OC(C)=O)CO3. The Kier molecular flexibility index (Phi) is 3.08. The molecule has 0 aliphatic carbocycles. The number of benzene rings is 2. The molecule has 5 nitrogen and oxygen atoms in total.